The van der Waals surface area contributed by atoms with Crippen LogP contribution < -0.4 is 10.6 Å². The van der Waals surface area contributed by atoms with Crippen molar-refractivity contribution in [1.29, 1.82) is 0 Å². The van der Waals surface area contributed by atoms with Gasteiger partial charge in [-0.1, -0.05) is 23.2 Å². The monoisotopic (exact) mass is 430 g/mol. The van der Waals surface area contributed by atoms with Gasteiger partial charge in [0.15, 0.2) is 0 Å². The third-order valence-electron chi connectivity index (χ3n) is 5.78. The molecule has 3 atom stereocenters. The normalized spacial score (nSPS) is 23.0. The second-order valence-corrected chi connectivity index (χ2v) is 8.55. The van der Waals surface area contributed by atoms with Crippen LogP contribution in [0.2, 0.25) is 10.0 Å². The van der Waals surface area contributed by atoms with Crippen molar-refractivity contribution in [3.63, 3.8) is 0 Å². The van der Waals surface area contributed by atoms with E-state index in [1.165, 1.54) is 0 Å². The van der Waals surface area contributed by atoms with Crippen molar-refractivity contribution in [1.82, 2.24) is 19.9 Å². The molecule has 2 fully saturated rings. The molecule has 150 valence electrons. The Balaban J connectivity index is 1.26. The van der Waals surface area contributed by atoms with E-state index >= 15 is 0 Å². The Hall–Kier alpha value is -2.51. The average molecular weight is 431 g/mol. The molecule has 1 aliphatic heterocycles. The maximum absolute atomic E-state index is 12.9. The van der Waals surface area contributed by atoms with Gasteiger partial charge in [-0.2, -0.15) is 0 Å². The molecule has 0 radical (unpaired) electrons. The first-order valence-electron chi connectivity index (χ1n) is 9.61. The number of piperidine rings is 1. The number of rotatable bonds is 5. The number of nitrogens with zero attached hydrogens (tertiary/aromatic N) is 3. The maximum Gasteiger partial charge on any atom is 0.242 e. The lowest BCUT2D eigenvalue weighted by atomic mass is 10.1. The fourth-order valence-electron chi connectivity index (χ4n) is 4.57. The van der Waals surface area contributed by atoms with Crippen molar-refractivity contribution in [2.45, 2.75) is 24.9 Å². The molecule has 1 saturated heterocycles. The Kier molecular flexibility index (Phi) is 4.72. The smallest absolute Gasteiger partial charge is 0.242 e. The van der Waals surface area contributed by atoms with E-state index in [2.05, 4.69) is 25.6 Å². The predicted octanol–water partition coefficient (Wildman–Crippen LogP) is 3.78. The van der Waals surface area contributed by atoms with Gasteiger partial charge in [-0.05, 0) is 43.0 Å². The molecule has 1 saturated carbocycles. The summed E-state index contributed by atoms with van der Waals surface area (Å²) >= 11 is 12.1. The molecule has 1 amide bonds. The van der Waals surface area contributed by atoms with E-state index in [0.717, 1.165) is 41.9 Å². The van der Waals surface area contributed by atoms with Crippen LogP contribution in [0.4, 0.5) is 11.5 Å². The first-order valence-corrected chi connectivity index (χ1v) is 10.4. The lowest BCUT2D eigenvalue weighted by Gasteiger charge is -2.34. The minimum absolute atomic E-state index is 0.0783. The van der Waals surface area contributed by atoms with Crippen LogP contribution in [0.5, 0.6) is 0 Å². The summed E-state index contributed by atoms with van der Waals surface area (Å²) in [6, 6.07) is 7.51. The number of aromatic amines is 1. The van der Waals surface area contributed by atoms with Crippen LogP contribution in [0.1, 0.15) is 12.8 Å². The highest BCUT2D eigenvalue weighted by Gasteiger charge is 2.46. The van der Waals surface area contributed by atoms with E-state index in [4.69, 9.17) is 23.2 Å². The van der Waals surface area contributed by atoms with E-state index in [1.807, 2.05) is 17.2 Å². The van der Waals surface area contributed by atoms with Crippen LogP contribution in [-0.2, 0) is 4.79 Å². The number of benzene rings is 1. The van der Waals surface area contributed by atoms with Gasteiger partial charge in [0.25, 0.3) is 0 Å². The zero-order valence-corrected chi connectivity index (χ0v) is 17.0. The molecule has 3 heterocycles. The van der Waals surface area contributed by atoms with Crippen LogP contribution in [0.25, 0.3) is 11.0 Å². The third-order valence-corrected chi connectivity index (χ3v) is 6.22. The van der Waals surface area contributed by atoms with Crippen LogP contribution in [0, 0.1) is 5.92 Å². The van der Waals surface area contributed by atoms with E-state index in [9.17, 15) is 4.79 Å². The van der Waals surface area contributed by atoms with Gasteiger partial charge < -0.3 is 20.5 Å². The van der Waals surface area contributed by atoms with Crippen molar-refractivity contribution in [3.8, 4) is 0 Å². The fraction of sp³-hybridized carbons (Fsp3) is 0.350. The number of carbonyl (C=O) groups excluding carboxylic acids is 1. The standard InChI is InChI=1S/C20H20Cl2N6O/c21-12-5-13(22)7-14(6-12)24-8-18(29)28-9-11-3-16(17(28)4-11)27-20-15-1-2-23-19(15)25-10-26-20/h1-2,5-7,10-11,16-17,24H,3-4,8-9H2,(H2,23,25,26,27). The number of amides is 1. The summed E-state index contributed by atoms with van der Waals surface area (Å²) in [6.07, 6.45) is 5.47. The van der Waals surface area contributed by atoms with Gasteiger partial charge in [-0.3, -0.25) is 4.79 Å². The largest absolute Gasteiger partial charge is 0.376 e. The molecule has 0 spiro atoms. The van der Waals surface area contributed by atoms with E-state index in [0.29, 0.717) is 16.0 Å². The molecule has 29 heavy (non-hydrogen) atoms. The highest BCUT2D eigenvalue weighted by Crippen LogP contribution is 2.39. The maximum atomic E-state index is 12.9. The first kappa shape index (κ1) is 18.5. The molecule has 5 rings (SSSR count). The summed E-state index contributed by atoms with van der Waals surface area (Å²) in [5.74, 6) is 1.41. The molecule has 2 aromatic heterocycles. The van der Waals surface area contributed by atoms with Crippen LogP contribution in [0.15, 0.2) is 36.8 Å². The van der Waals surface area contributed by atoms with Gasteiger partial charge in [0.1, 0.15) is 17.8 Å². The van der Waals surface area contributed by atoms with E-state index in [-0.39, 0.29) is 24.5 Å². The number of hydrogen-bond acceptors (Lipinski definition) is 5. The van der Waals surface area contributed by atoms with Crippen molar-refractivity contribution >= 4 is 51.6 Å². The number of nitrogens with one attached hydrogen (secondary N) is 3. The van der Waals surface area contributed by atoms with E-state index < -0.39 is 0 Å². The van der Waals surface area contributed by atoms with Gasteiger partial charge in [0, 0.05) is 34.5 Å². The summed E-state index contributed by atoms with van der Waals surface area (Å²) in [4.78, 5) is 26.6. The third kappa shape index (κ3) is 3.60. The Morgan fingerprint density at radius 1 is 1.21 bits per heavy atom. The Bertz CT molecular complexity index is 1050. The molecule has 3 unspecified atom stereocenters. The lowest BCUT2D eigenvalue weighted by Crippen LogP contribution is -2.49. The minimum atomic E-state index is 0.0783. The van der Waals surface area contributed by atoms with Gasteiger partial charge in [0.05, 0.1) is 18.0 Å². The summed E-state index contributed by atoms with van der Waals surface area (Å²) in [7, 11) is 0. The van der Waals surface area contributed by atoms with Gasteiger partial charge >= 0.3 is 0 Å². The number of halogens is 2. The topological polar surface area (TPSA) is 85.9 Å². The first-order chi connectivity index (χ1) is 14.1. The average Bonchev–Trinajstić information content (AvgIpc) is 3.41. The molecule has 1 aliphatic carbocycles. The van der Waals surface area contributed by atoms with Crippen molar-refractivity contribution in [2.75, 3.05) is 23.7 Å². The van der Waals surface area contributed by atoms with Crippen LogP contribution in [0.3, 0.4) is 0 Å². The molecule has 3 aromatic rings. The predicted molar refractivity (Wildman–Crippen MR) is 114 cm³/mol. The molecule has 2 aliphatic rings. The zero-order valence-electron chi connectivity index (χ0n) is 15.5. The highest BCUT2D eigenvalue weighted by atomic mass is 35.5. The van der Waals surface area contributed by atoms with Crippen molar-refractivity contribution in [2.24, 2.45) is 5.92 Å². The van der Waals surface area contributed by atoms with Gasteiger partial charge in [0.2, 0.25) is 5.91 Å². The molecule has 9 heteroatoms. The number of carbonyl (C=O) groups is 1. The fourth-order valence-corrected chi connectivity index (χ4v) is 5.09. The number of likely N-dealkylation sites (tertiary alicyclic amines) is 1. The van der Waals surface area contributed by atoms with Crippen molar-refractivity contribution in [3.05, 3.63) is 46.8 Å². The van der Waals surface area contributed by atoms with Gasteiger partial charge in [-0.25, -0.2) is 9.97 Å². The summed E-state index contributed by atoms with van der Waals surface area (Å²) in [5.41, 5.74) is 1.55. The number of anilines is 2. The van der Waals surface area contributed by atoms with Gasteiger partial charge in [-0.15, -0.1) is 0 Å². The van der Waals surface area contributed by atoms with E-state index in [1.54, 1.807) is 24.5 Å². The molecular formula is C20H20Cl2N6O. The highest BCUT2D eigenvalue weighted by molar-refractivity contribution is 6.35. The molecular weight excluding hydrogens is 411 g/mol. The lowest BCUT2D eigenvalue weighted by molar-refractivity contribution is -0.131. The number of hydrogen-bond donors (Lipinski definition) is 3. The summed E-state index contributed by atoms with van der Waals surface area (Å²) in [6.45, 7) is 1.02. The van der Waals surface area contributed by atoms with Crippen LogP contribution >= 0.6 is 23.2 Å². The quantitative estimate of drug-likeness (QED) is 0.573. The van der Waals surface area contributed by atoms with Crippen molar-refractivity contribution < 1.29 is 4.79 Å². The number of aromatic nitrogens is 3. The second-order valence-electron chi connectivity index (χ2n) is 7.68. The molecule has 2 bridgehead atoms. The number of fused-ring (bicyclic) bond motifs is 3. The van der Waals surface area contributed by atoms with Crippen LogP contribution in [-0.4, -0.2) is 50.9 Å². The Morgan fingerprint density at radius 2 is 2.03 bits per heavy atom. The molecule has 7 nitrogen and oxygen atoms in total. The Morgan fingerprint density at radius 3 is 2.83 bits per heavy atom. The Labute approximate surface area is 177 Å². The summed E-state index contributed by atoms with van der Waals surface area (Å²) in [5, 5.41) is 8.74. The summed E-state index contributed by atoms with van der Waals surface area (Å²) < 4.78 is 0. The minimum Gasteiger partial charge on any atom is -0.376 e. The SMILES string of the molecule is O=C(CNc1cc(Cl)cc(Cl)c1)N1CC2CC(Nc3ncnc4[nH]ccc34)C1C2. The molecule has 1 aromatic carbocycles. The zero-order chi connectivity index (χ0) is 20.0. The second kappa shape index (κ2) is 7.39. The number of H-pyrrole nitrogens is 1. The molecule has 3 N–H and O–H groups in total.